The summed E-state index contributed by atoms with van der Waals surface area (Å²) in [5, 5.41) is 6.96. The minimum atomic E-state index is -2.50. The van der Waals surface area contributed by atoms with Crippen LogP contribution >= 0.6 is 0 Å². The molecule has 17 aromatic carbocycles. The van der Waals surface area contributed by atoms with Crippen molar-refractivity contribution >= 4 is 123 Å². The molecule has 0 spiro atoms. The Morgan fingerprint density at radius 1 is 0.218 bits per heavy atom. The molecule has 0 saturated heterocycles. The van der Waals surface area contributed by atoms with Crippen LogP contribution < -0.4 is 26.2 Å². The molecule has 0 aliphatic carbocycles. The van der Waals surface area contributed by atoms with Crippen LogP contribution in [0.15, 0.2) is 388 Å². The van der Waals surface area contributed by atoms with E-state index >= 15 is 0 Å². The molecule has 0 N–H and O–H groups in total. The monoisotopic (exact) mass is 1410 g/mol. The number of aryl methyl sites for hydroxylation is 2. The van der Waals surface area contributed by atoms with Gasteiger partial charge < -0.3 is 23.5 Å². The number of benzene rings is 17. The van der Waals surface area contributed by atoms with Gasteiger partial charge >= 0.3 is 0 Å². The van der Waals surface area contributed by atoms with E-state index in [2.05, 4.69) is 357 Å². The first kappa shape index (κ1) is 57.1. The normalized spacial score (nSPS) is 13.4. The molecule has 0 saturated carbocycles. The van der Waals surface area contributed by atoms with Crippen molar-refractivity contribution in [3.05, 3.63) is 399 Å². The zero-order valence-electron chi connectivity index (χ0n) is 65.8. The number of para-hydroxylation sites is 9. The predicted octanol–water partition coefficient (Wildman–Crippen LogP) is 25.7. The molecule has 0 unspecified atom stereocenters. The Bertz CT molecular complexity index is 7180. The Balaban J connectivity index is 0.894. The molecule has 6 heteroatoms. The third-order valence-electron chi connectivity index (χ3n) is 23.0. The smallest absolute Gasteiger partial charge is 0.252 e. The van der Waals surface area contributed by atoms with Crippen LogP contribution in [0.3, 0.4) is 0 Å². The Morgan fingerprint density at radius 3 is 1.05 bits per heavy atom. The van der Waals surface area contributed by atoms with Crippen molar-refractivity contribution in [2.45, 2.75) is 13.7 Å². The highest BCUT2D eigenvalue weighted by atomic mass is 15.2. The molecule has 0 bridgehead atoms. The second kappa shape index (κ2) is 25.2. The van der Waals surface area contributed by atoms with Crippen molar-refractivity contribution in [3.63, 3.8) is 0 Å². The van der Waals surface area contributed by atoms with Gasteiger partial charge in [0.15, 0.2) is 0 Å². The van der Waals surface area contributed by atoms with Gasteiger partial charge in [0.05, 0.1) is 55.8 Å². The largest absolute Gasteiger partial charge is 0.311 e. The van der Waals surface area contributed by atoms with Crippen molar-refractivity contribution in [1.29, 1.82) is 0 Å². The van der Waals surface area contributed by atoms with E-state index in [-0.39, 0.29) is 11.1 Å². The third-order valence-corrected chi connectivity index (χ3v) is 23.0. The summed E-state index contributed by atoms with van der Waals surface area (Å²) >= 11 is 0. The fraction of sp³-hybridized carbons (Fsp3) is 0.0192. The maximum absolute atomic E-state index is 9.05. The SMILES string of the molecule is [2H]C([2H])([2H])c1ccccc1-c1cc(-c2cc3c4c(c2)N(c2ccccc2-c2ccccc2)c2cc(-n5c6ccccc6c6ccccc65)ccc2B4c2ccc(-c4cccc(-n5c6ccccc6c6ccccc65)c4-n4c5ccccc5c5ccccc54)cc2N3c2ccccc2-c2ccccc2)cc(-c2ccccc2C([2H])([2H])[2H])c1. The van der Waals surface area contributed by atoms with Crippen molar-refractivity contribution in [2.75, 3.05) is 9.80 Å². The van der Waals surface area contributed by atoms with E-state index in [1.807, 2.05) is 30.3 Å². The molecule has 22 rings (SSSR count). The van der Waals surface area contributed by atoms with Gasteiger partial charge in [-0.1, -0.05) is 285 Å². The fourth-order valence-electron chi connectivity index (χ4n) is 18.3. The lowest BCUT2D eigenvalue weighted by Crippen LogP contribution is -2.61. The van der Waals surface area contributed by atoms with E-state index < -0.39 is 20.4 Å². The summed E-state index contributed by atoms with van der Waals surface area (Å²) in [6.45, 7) is -5.40. The maximum atomic E-state index is 9.05. The average molecular weight is 1410 g/mol. The second-order valence-corrected chi connectivity index (χ2v) is 29.0. The minimum absolute atomic E-state index is 0.188. The van der Waals surface area contributed by atoms with Crippen molar-refractivity contribution in [2.24, 2.45) is 0 Å². The first-order valence-corrected chi connectivity index (χ1v) is 37.7. The number of fused-ring (bicyclic) bond motifs is 13. The van der Waals surface area contributed by atoms with Gasteiger partial charge in [0.25, 0.3) is 6.71 Å². The van der Waals surface area contributed by atoms with Crippen LogP contribution in [0.4, 0.5) is 34.1 Å². The standard InChI is InChI=1S/C104H70BN5/c1-67-30-9-11-36-77(67)74-60-72(61-75(62-74)78-37-12-10-31-68(78)2)73-64-101-103-102(65-73)109(91-48-22-14-39-80(91)70-34-7-4-8-35-70)100-66-76(106-92-49-23-15-40-82(92)83-41-16-24-50-93(83)106)57-59-89(100)105(103)88-58-56-71(63-99(88)108(101)90-47-21-13-38-79(90)69-32-5-3-6-33-69)81-46-29-55-98(107-94-51-25-17-42-84(94)85-43-18-26-52-95(85)107)104(81)110-96-53-27-19-44-86(96)87-45-20-28-54-97(87)110/h3-66H,1-2H3/i1D3,2D3. The number of hydrogen-bond acceptors (Lipinski definition) is 2. The second-order valence-electron chi connectivity index (χ2n) is 29.0. The molecule has 514 valence electrons. The lowest BCUT2D eigenvalue weighted by atomic mass is 9.33. The fourth-order valence-corrected chi connectivity index (χ4v) is 18.3. The maximum Gasteiger partial charge on any atom is 0.252 e. The lowest BCUT2D eigenvalue weighted by molar-refractivity contribution is 1.10. The molecule has 20 aromatic rings. The highest BCUT2D eigenvalue weighted by molar-refractivity contribution is 7.00. The van der Waals surface area contributed by atoms with Gasteiger partial charge in [0.2, 0.25) is 0 Å². The van der Waals surface area contributed by atoms with Crippen LogP contribution in [-0.4, -0.2) is 20.4 Å². The summed E-state index contributed by atoms with van der Waals surface area (Å²) in [7, 11) is 0. The summed E-state index contributed by atoms with van der Waals surface area (Å²) in [4.78, 5) is 5.03. The van der Waals surface area contributed by atoms with Gasteiger partial charge in [-0.2, -0.15) is 0 Å². The molecule has 0 fully saturated rings. The van der Waals surface area contributed by atoms with Crippen molar-refractivity contribution in [1.82, 2.24) is 13.7 Å². The van der Waals surface area contributed by atoms with Crippen LogP contribution in [0.2, 0.25) is 0 Å². The van der Waals surface area contributed by atoms with Gasteiger partial charge in [-0.15, -0.1) is 0 Å². The molecule has 5 heterocycles. The summed E-state index contributed by atoms with van der Waals surface area (Å²) < 4.78 is 61.7. The van der Waals surface area contributed by atoms with E-state index in [0.29, 0.717) is 22.3 Å². The summed E-state index contributed by atoms with van der Waals surface area (Å²) in [6.07, 6.45) is 0. The van der Waals surface area contributed by atoms with Crippen LogP contribution in [0, 0.1) is 13.7 Å². The molecule has 2 aliphatic heterocycles. The van der Waals surface area contributed by atoms with Gasteiger partial charge in [-0.05, 0) is 194 Å². The summed E-state index contributed by atoms with van der Waals surface area (Å²) in [5.41, 5.74) is 29.0. The van der Waals surface area contributed by atoms with E-state index in [9.17, 15) is 0 Å². The number of nitrogens with zero attached hydrogens (tertiary/aromatic N) is 5. The topological polar surface area (TPSA) is 21.3 Å². The minimum Gasteiger partial charge on any atom is -0.311 e. The quantitative estimate of drug-likeness (QED) is 0.120. The zero-order valence-corrected chi connectivity index (χ0v) is 59.8. The highest BCUT2D eigenvalue weighted by Gasteiger charge is 2.45. The number of aromatic nitrogens is 3. The van der Waals surface area contributed by atoms with E-state index in [1.54, 1.807) is 24.3 Å². The molecule has 3 aromatic heterocycles. The molecule has 0 radical (unpaired) electrons. The van der Waals surface area contributed by atoms with Crippen LogP contribution in [0.5, 0.6) is 0 Å². The zero-order chi connectivity index (χ0) is 77.7. The first-order valence-electron chi connectivity index (χ1n) is 40.7. The Hall–Kier alpha value is -14.2. The Labute approximate surface area is 647 Å². The molecule has 110 heavy (non-hydrogen) atoms. The Morgan fingerprint density at radius 2 is 0.573 bits per heavy atom. The molecule has 0 atom stereocenters. The van der Waals surface area contributed by atoms with Crippen molar-refractivity contribution in [3.8, 4) is 83.8 Å². The van der Waals surface area contributed by atoms with E-state index in [0.717, 1.165) is 167 Å². The highest BCUT2D eigenvalue weighted by Crippen LogP contribution is 2.53. The van der Waals surface area contributed by atoms with Gasteiger partial charge in [0.1, 0.15) is 0 Å². The molecule has 5 nitrogen and oxygen atoms in total. The average Bonchev–Trinajstić information content (AvgIpc) is 0.922. The van der Waals surface area contributed by atoms with Crippen LogP contribution in [-0.2, 0) is 0 Å². The van der Waals surface area contributed by atoms with E-state index in [1.165, 1.54) is 10.8 Å². The molecule has 0 amide bonds. The van der Waals surface area contributed by atoms with Gasteiger partial charge in [-0.25, -0.2) is 0 Å². The molecule has 2 aliphatic rings. The number of hydrogen-bond donors (Lipinski definition) is 0. The van der Waals surface area contributed by atoms with Crippen LogP contribution in [0.25, 0.3) is 149 Å². The summed E-state index contributed by atoms with van der Waals surface area (Å²) in [5.74, 6) is 0. The molecular formula is C104H70BN5. The van der Waals surface area contributed by atoms with Crippen LogP contribution in [0.1, 0.15) is 19.4 Å². The molecular weight excluding hydrogens is 1330 g/mol. The lowest BCUT2D eigenvalue weighted by Gasteiger charge is -2.45. The summed E-state index contributed by atoms with van der Waals surface area (Å²) in [6, 6.07) is 138. The number of anilines is 6. The van der Waals surface area contributed by atoms with Gasteiger partial charge in [0, 0.05) is 85.7 Å². The predicted molar refractivity (Wildman–Crippen MR) is 466 cm³/mol. The van der Waals surface area contributed by atoms with Gasteiger partial charge in [-0.3, -0.25) is 0 Å². The number of rotatable bonds is 11. The first-order chi connectivity index (χ1) is 56.9. The van der Waals surface area contributed by atoms with Crippen molar-refractivity contribution < 1.29 is 8.22 Å². The third kappa shape index (κ3) is 9.75. The van der Waals surface area contributed by atoms with E-state index in [4.69, 9.17) is 8.22 Å². The Kier molecular flexibility index (Phi) is 13.1.